The molecule has 0 saturated carbocycles. The summed E-state index contributed by atoms with van der Waals surface area (Å²) in [7, 11) is 0. The minimum atomic E-state index is -0.818. The minimum absolute atomic E-state index is 0.0393. The fourth-order valence-electron chi connectivity index (χ4n) is 1.20. The molecule has 0 aliphatic rings. The highest BCUT2D eigenvalue weighted by atomic mass is 35.5. The normalized spacial score (nSPS) is 13.0. The molecule has 1 rings (SSSR count). The minimum Gasteiger partial charge on any atom is -0.410 e. The van der Waals surface area contributed by atoms with Crippen LogP contribution in [0.5, 0.6) is 0 Å². The molecule has 0 radical (unpaired) electrons. The van der Waals surface area contributed by atoms with Crippen molar-refractivity contribution in [2.24, 2.45) is 5.16 Å². The van der Waals surface area contributed by atoms with E-state index in [9.17, 15) is 4.39 Å². The fraction of sp³-hybridized carbons (Fsp3) is 0.300. The van der Waals surface area contributed by atoms with Gasteiger partial charge in [0, 0.05) is 11.0 Å². The van der Waals surface area contributed by atoms with Crippen molar-refractivity contribution in [1.82, 2.24) is 0 Å². The zero-order chi connectivity index (χ0) is 10.8. The maximum atomic E-state index is 13.4. The van der Waals surface area contributed by atoms with Gasteiger partial charge in [-0.1, -0.05) is 35.0 Å². The van der Waals surface area contributed by atoms with E-state index < -0.39 is 5.41 Å². The predicted molar refractivity (Wildman–Crippen MR) is 54.5 cm³/mol. The molecule has 0 bridgehead atoms. The highest BCUT2D eigenvalue weighted by Gasteiger charge is 2.29. The smallest absolute Gasteiger partial charge is 0.155 e. The Labute approximate surface area is 87.0 Å². The van der Waals surface area contributed by atoms with Gasteiger partial charge in [0.25, 0.3) is 0 Å². The lowest BCUT2D eigenvalue weighted by Crippen LogP contribution is -2.26. The molecule has 0 aromatic heterocycles. The van der Waals surface area contributed by atoms with Gasteiger partial charge in [0.15, 0.2) is 5.17 Å². The summed E-state index contributed by atoms with van der Waals surface area (Å²) in [5, 5.41) is 11.4. The maximum absolute atomic E-state index is 13.4. The topological polar surface area (TPSA) is 32.6 Å². The summed E-state index contributed by atoms with van der Waals surface area (Å²) in [5.41, 5.74) is -0.412. The van der Waals surface area contributed by atoms with E-state index in [1.165, 1.54) is 6.07 Å². The molecule has 76 valence electrons. The summed E-state index contributed by atoms with van der Waals surface area (Å²) in [5.74, 6) is -0.362. The third-order valence-corrected chi connectivity index (χ3v) is 2.70. The number of hydrogen-bond donors (Lipinski definition) is 1. The van der Waals surface area contributed by atoms with Gasteiger partial charge in [-0.25, -0.2) is 4.39 Å². The molecule has 0 atom stereocenters. The molecule has 0 fully saturated rings. The van der Waals surface area contributed by atoms with Crippen LogP contribution in [0.1, 0.15) is 19.4 Å². The van der Waals surface area contributed by atoms with Crippen molar-refractivity contribution >= 4 is 16.8 Å². The van der Waals surface area contributed by atoms with Gasteiger partial charge in [-0.2, -0.15) is 0 Å². The van der Waals surface area contributed by atoms with Crippen molar-refractivity contribution < 1.29 is 9.60 Å². The summed E-state index contributed by atoms with van der Waals surface area (Å²) in [6, 6.07) is 6.27. The summed E-state index contributed by atoms with van der Waals surface area (Å²) in [6.45, 7) is 3.38. The molecule has 2 nitrogen and oxygen atoms in total. The summed E-state index contributed by atoms with van der Waals surface area (Å²) in [6.07, 6.45) is 0. The Morgan fingerprint density at radius 1 is 1.43 bits per heavy atom. The molecule has 0 heterocycles. The van der Waals surface area contributed by atoms with E-state index in [1.54, 1.807) is 32.0 Å². The van der Waals surface area contributed by atoms with E-state index >= 15 is 0 Å². The average Bonchev–Trinajstić information content (AvgIpc) is 2.17. The summed E-state index contributed by atoms with van der Waals surface area (Å²) < 4.78 is 13.4. The van der Waals surface area contributed by atoms with Crippen LogP contribution in [0.4, 0.5) is 4.39 Å². The Kier molecular flexibility index (Phi) is 3.11. The molecule has 0 spiro atoms. The van der Waals surface area contributed by atoms with Crippen LogP contribution in [0.2, 0.25) is 0 Å². The van der Waals surface area contributed by atoms with Crippen LogP contribution in [0.15, 0.2) is 29.4 Å². The van der Waals surface area contributed by atoms with Crippen molar-refractivity contribution in [2.45, 2.75) is 19.3 Å². The first kappa shape index (κ1) is 11.0. The molecule has 1 N–H and O–H groups in total. The average molecular weight is 216 g/mol. The highest BCUT2D eigenvalue weighted by Crippen LogP contribution is 2.28. The quantitative estimate of drug-likeness (QED) is 0.459. The zero-order valence-electron chi connectivity index (χ0n) is 7.96. The van der Waals surface area contributed by atoms with Gasteiger partial charge < -0.3 is 5.21 Å². The van der Waals surface area contributed by atoms with Crippen LogP contribution < -0.4 is 0 Å². The largest absolute Gasteiger partial charge is 0.410 e. The van der Waals surface area contributed by atoms with Crippen molar-refractivity contribution in [3.8, 4) is 0 Å². The van der Waals surface area contributed by atoms with E-state index in [0.29, 0.717) is 5.56 Å². The SMILES string of the molecule is CC(C)(/C(Cl)=N/O)c1ccccc1F. The van der Waals surface area contributed by atoms with Crippen molar-refractivity contribution in [2.75, 3.05) is 0 Å². The predicted octanol–water partition coefficient (Wildman–Crippen LogP) is 3.13. The zero-order valence-corrected chi connectivity index (χ0v) is 8.72. The van der Waals surface area contributed by atoms with Crippen molar-refractivity contribution in [3.63, 3.8) is 0 Å². The summed E-state index contributed by atoms with van der Waals surface area (Å²) >= 11 is 5.70. The van der Waals surface area contributed by atoms with Gasteiger partial charge in [-0.05, 0) is 19.9 Å². The van der Waals surface area contributed by atoms with Crippen LogP contribution in [-0.2, 0) is 5.41 Å². The van der Waals surface area contributed by atoms with Gasteiger partial charge in [0.2, 0.25) is 0 Å². The maximum Gasteiger partial charge on any atom is 0.155 e. The van der Waals surface area contributed by atoms with E-state index in [2.05, 4.69) is 5.16 Å². The third kappa shape index (κ3) is 1.87. The van der Waals surface area contributed by atoms with E-state index in [4.69, 9.17) is 16.8 Å². The Balaban J connectivity index is 3.23. The second-order valence-corrected chi connectivity index (χ2v) is 3.85. The number of hydrogen-bond acceptors (Lipinski definition) is 2. The number of nitrogens with zero attached hydrogens (tertiary/aromatic N) is 1. The molecule has 0 aliphatic carbocycles. The van der Waals surface area contributed by atoms with Crippen molar-refractivity contribution in [3.05, 3.63) is 35.6 Å². The van der Waals surface area contributed by atoms with Crippen LogP contribution >= 0.6 is 11.6 Å². The highest BCUT2D eigenvalue weighted by molar-refractivity contribution is 6.67. The molecule has 0 saturated heterocycles. The fourth-order valence-corrected chi connectivity index (χ4v) is 1.31. The summed E-state index contributed by atoms with van der Waals surface area (Å²) in [4.78, 5) is 0. The van der Waals surface area contributed by atoms with Gasteiger partial charge in [0.1, 0.15) is 5.82 Å². The first-order chi connectivity index (χ1) is 6.50. The Morgan fingerprint density at radius 2 is 2.00 bits per heavy atom. The number of benzene rings is 1. The third-order valence-electron chi connectivity index (χ3n) is 2.15. The molecule has 1 aromatic rings. The van der Waals surface area contributed by atoms with Gasteiger partial charge in [-0.3, -0.25) is 0 Å². The Bertz CT molecular complexity index is 363. The lowest BCUT2D eigenvalue weighted by atomic mass is 9.85. The number of halogens is 2. The molecule has 1 aromatic carbocycles. The molecule has 0 amide bonds. The van der Waals surface area contributed by atoms with Crippen LogP contribution in [0, 0.1) is 5.82 Å². The van der Waals surface area contributed by atoms with Crippen LogP contribution in [-0.4, -0.2) is 10.4 Å². The van der Waals surface area contributed by atoms with E-state index in [1.807, 2.05) is 0 Å². The Morgan fingerprint density at radius 3 is 2.50 bits per heavy atom. The first-order valence-electron chi connectivity index (χ1n) is 4.13. The standard InChI is InChI=1S/C10H11ClFNO/c1-10(2,9(11)13-14)7-5-3-4-6-8(7)12/h3-6,14H,1-2H3/b13-9-. The first-order valence-corrected chi connectivity index (χ1v) is 4.51. The lowest BCUT2D eigenvalue weighted by molar-refractivity contribution is 0.316. The van der Waals surface area contributed by atoms with Gasteiger partial charge in [0.05, 0.1) is 0 Å². The van der Waals surface area contributed by atoms with Crippen molar-refractivity contribution in [1.29, 1.82) is 0 Å². The molecule has 14 heavy (non-hydrogen) atoms. The lowest BCUT2D eigenvalue weighted by Gasteiger charge is -2.22. The second-order valence-electron chi connectivity index (χ2n) is 3.50. The number of oxime groups is 1. The molecule has 4 heteroatoms. The van der Waals surface area contributed by atoms with Gasteiger partial charge >= 0.3 is 0 Å². The van der Waals surface area contributed by atoms with Crippen LogP contribution in [0.3, 0.4) is 0 Å². The molecule has 0 unspecified atom stereocenters. The van der Waals surface area contributed by atoms with Gasteiger partial charge in [-0.15, -0.1) is 0 Å². The Hall–Kier alpha value is -1.09. The molecular weight excluding hydrogens is 205 g/mol. The van der Waals surface area contributed by atoms with Crippen LogP contribution in [0.25, 0.3) is 0 Å². The molecule has 0 aliphatic heterocycles. The second kappa shape index (κ2) is 3.96. The van der Waals surface area contributed by atoms with E-state index in [-0.39, 0.29) is 11.0 Å². The molecular formula is C10H11ClFNO. The monoisotopic (exact) mass is 215 g/mol. The number of rotatable bonds is 2. The van der Waals surface area contributed by atoms with E-state index in [0.717, 1.165) is 0 Å².